The number of ether oxygens (including phenoxy) is 1. The van der Waals surface area contributed by atoms with E-state index >= 15 is 0 Å². The number of hydrogen-bond acceptors (Lipinski definition) is 2. The summed E-state index contributed by atoms with van der Waals surface area (Å²) in [6, 6.07) is 12.1. The molecular weight excluding hydrogens is 318 g/mol. The van der Waals surface area contributed by atoms with Crippen molar-refractivity contribution in [2.45, 2.75) is 24.7 Å². The molecule has 2 aromatic carbocycles. The maximum Gasteiger partial charge on any atom is 0.234 e. The van der Waals surface area contributed by atoms with Gasteiger partial charge in [-0.2, -0.15) is 0 Å². The van der Waals surface area contributed by atoms with Gasteiger partial charge in [0.05, 0.1) is 11.9 Å². The van der Waals surface area contributed by atoms with Crippen LogP contribution in [-0.4, -0.2) is 17.8 Å². The van der Waals surface area contributed by atoms with Gasteiger partial charge in [0, 0.05) is 6.54 Å². The molecule has 0 aliphatic rings. The molecule has 1 amide bonds. The highest BCUT2D eigenvalue weighted by Gasteiger charge is 2.11. The van der Waals surface area contributed by atoms with Crippen LogP contribution >= 0.6 is 15.9 Å². The molecule has 20 heavy (non-hydrogen) atoms. The van der Waals surface area contributed by atoms with E-state index in [0.717, 1.165) is 28.5 Å². The molecule has 0 radical (unpaired) electrons. The second-order valence-electron chi connectivity index (χ2n) is 4.64. The van der Waals surface area contributed by atoms with Crippen molar-refractivity contribution in [2.24, 2.45) is 0 Å². The fraction of sp³-hybridized carbons (Fsp3) is 0.312. The Labute approximate surface area is 127 Å². The highest BCUT2D eigenvalue weighted by Crippen LogP contribution is 2.21. The van der Waals surface area contributed by atoms with Crippen molar-refractivity contribution in [3.63, 3.8) is 0 Å². The van der Waals surface area contributed by atoms with Gasteiger partial charge in [-0.15, -0.1) is 0 Å². The first-order valence-electron chi connectivity index (χ1n) is 6.62. The van der Waals surface area contributed by atoms with Gasteiger partial charge in [-0.25, -0.2) is 0 Å². The normalized spacial score (nSPS) is 12.2. The van der Waals surface area contributed by atoms with Crippen LogP contribution in [0.3, 0.4) is 0 Å². The Balaban J connectivity index is 2.10. The topological polar surface area (TPSA) is 38.3 Å². The van der Waals surface area contributed by atoms with Gasteiger partial charge in [-0.1, -0.05) is 41.1 Å². The number of benzene rings is 2. The first-order chi connectivity index (χ1) is 9.63. The molecule has 106 valence electrons. The maximum atomic E-state index is 11.7. The number of halogens is 1. The molecule has 0 fully saturated rings. The average Bonchev–Trinajstić information content (AvgIpc) is 2.50. The first-order valence-corrected chi connectivity index (χ1v) is 7.54. The van der Waals surface area contributed by atoms with Crippen molar-refractivity contribution in [1.82, 2.24) is 5.32 Å². The zero-order chi connectivity index (χ0) is 14.5. The van der Waals surface area contributed by atoms with Crippen molar-refractivity contribution >= 4 is 32.6 Å². The van der Waals surface area contributed by atoms with Gasteiger partial charge in [0.2, 0.25) is 5.91 Å². The molecule has 4 heteroatoms. The lowest BCUT2D eigenvalue weighted by atomic mass is 10.1. The van der Waals surface area contributed by atoms with Crippen molar-refractivity contribution in [1.29, 1.82) is 0 Å². The van der Waals surface area contributed by atoms with Crippen molar-refractivity contribution in [2.75, 3.05) is 7.11 Å². The summed E-state index contributed by atoms with van der Waals surface area (Å²) in [6.45, 7) is 2.52. The molecule has 0 aliphatic heterocycles. The quantitative estimate of drug-likeness (QED) is 0.847. The predicted molar refractivity (Wildman–Crippen MR) is 85.4 cm³/mol. The number of carbonyl (C=O) groups is 1. The zero-order valence-corrected chi connectivity index (χ0v) is 13.2. The molecule has 0 aromatic heterocycles. The molecule has 0 saturated heterocycles. The fourth-order valence-electron chi connectivity index (χ4n) is 2.00. The third-order valence-electron chi connectivity index (χ3n) is 3.22. The lowest BCUT2D eigenvalue weighted by Gasteiger charge is -2.10. The van der Waals surface area contributed by atoms with Gasteiger partial charge < -0.3 is 10.1 Å². The van der Waals surface area contributed by atoms with Crippen LogP contribution in [0.25, 0.3) is 10.8 Å². The summed E-state index contributed by atoms with van der Waals surface area (Å²) < 4.78 is 5.21. The molecule has 2 rings (SSSR count). The van der Waals surface area contributed by atoms with Crippen LogP contribution in [-0.2, 0) is 11.3 Å². The Morgan fingerprint density at radius 3 is 2.65 bits per heavy atom. The van der Waals surface area contributed by atoms with Crippen LogP contribution < -0.4 is 10.1 Å². The average molecular weight is 336 g/mol. The molecule has 2 aromatic rings. The molecule has 0 saturated carbocycles. The lowest BCUT2D eigenvalue weighted by molar-refractivity contribution is -0.120. The van der Waals surface area contributed by atoms with E-state index in [1.165, 1.54) is 0 Å². The van der Waals surface area contributed by atoms with Crippen LogP contribution in [0.2, 0.25) is 0 Å². The summed E-state index contributed by atoms with van der Waals surface area (Å²) in [5.74, 6) is 0.881. The van der Waals surface area contributed by atoms with E-state index in [-0.39, 0.29) is 10.7 Å². The van der Waals surface area contributed by atoms with E-state index in [0.29, 0.717) is 6.54 Å². The summed E-state index contributed by atoms with van der Waals surface area (Å²) in [5, 5.41) is 5.20. The van der Waals surface area contributed by atoms with E-state index in [2.05, 4.69) is 27.3 Å². The summed E-state index contributed by atoms with van der Waals surface area (Å²) in [6.07, 6.45) is 0.781. The van der Waals surface area contributed by atoms with Crippen LogP contribution in [0.1, 0.15) is 18.9 Å². The Morgan fingerprint density at radius 1 is 1.25 bits per heavy atom. The van der Waals surface area contributed by atoms with Gasteiger partial charge in [0.25, 0.3) is 0 Å². The zero-order valence-electron chi connectivity index (χ0n) is 11.7. The molecular formula is C16H18BrNO2. The number of alkyl halides is 1. The standard InChI is InChI=1S/C16H18BrNO2/c1-3-15(17)16(19)18-10-11-4-5-13-9-14(20-2)7-6-12(13)8-11/h4-9,15H,3,10H2,1-2H3,(H,18,19). The highest BCUT2D eigenvalue weighted by atomic mass is 79.9. The van der Waals surface area contributed by atoms with E-state index in [4.69, 9.17) is 4.74 Å². The first kappa shape index (κ1) is 14.9. The van der Waals surface area contributed by atoms with Crippen LogP contribution in [0, 0.1) is 0 Å². The Kier molecular flexibility index (Phi) is 5.01. The van der Waals surface area contributed by atoms with Crippen LogP contribution in [0.15, 0.2) is 36.4 Å². The predicted octanol–water partition coefficient (Wildman–Crippen LogP) is 3.64. The monoisotopic (exact) mass is 335 g/mol. The van der Waals surface area contributed by atoms with E-state index in [1.54, 1.807) is 7.11 Å². The minimum atomic E-state index is -0.118. The number of methoxy groups -OCH3 is 1. The number of hydrogen-bond donors (Lipinski definition) is 1. The summed E-state index contributed by atoms with van der Waals surface area (Å²) >= 11 is 3.35. The van der Waals surface area contributed by atoms with E-state index in [9.17, 15) is 4.79 Å². The minimum absolute atomic E-state index is 0.0299. The second-order valence-corrected chi connectivity index (χ2v) is 5.75. The Hall–Kier alpha value is -1.55. The number of nitrogens with one attached hydrogen (secondary N) is 1. The molecule has 0 spiro atoms. The number of rotatable bonds is 5. The Morgan fingerprint density at radius 2 is 1.95 bits per heavy atom. The molecule has 0 heterocycles. The van der Waals surface area contributed by atoms with Crippen molar-refractivity contribution < 1.29 is 9.53 Å². The molecule has 3 nitrogen and oxygen atoms in total. The molecule has 0 bridgehead atoms. The summed E-state index contributed by atoms with van der Waals surface area (Å²) in [7, 11) is 1.66. The highest BCUT2D eigenvalue weighted by molar-refractivity contribution is 9.10. The number of fused-ring (bicyclic) bond motifs is 1. The minimum Gasteiger partial charge on any atom is -0.497 e. The maximum absolute atomic E-state index is 11.7. The Bertz CT molecular complexity index is 612. The number of carbonyl (C=O) groups excluding carboxylic acids is 1. The molecule has 1 N–H and O–H groups in total. The van der Waals surface area contributed by atoms with Gasteiger partial charge in [0.15, 0.2) is 0 Å². The largest absolute Gasteiger partial charge is 0.497 e. The van der Waals surface area contributed by atoms with Gasteiger partial charge in [-0.05, 0) is 41.0 Å². The van der Waals surface area contributed by atoms with Crippen LogP contribution in [0.5, 0.6) is 5.75 Å². The van der Waals surface area contributed by atoms with Crippen molar-refractivity contribution in [3.8, 4) is 5.75 Å². The summed E-state index contributed by atoms with van der Waals surface area (Å²) in [5.41, 5.74) is 1.09. The van der Waals surface area contributed by atoms with Crippen molar-refractivity contribution in [3.05, 3.63) is 42.0 Å². The van der Waals surface area contributed by atoms with Gasteiger partial charge in [-0.3, -0.25) is 4.79 Å². The third-order valence-corrected chi connectivity index (χ3v) is 4.28. The lowest BCUT2D eigenvalue weighted by Crippen LogP contribution is -2.30. The molecule has 1 unspecified atom stereocenters. The molecule has 0 aliphatic carbocycles. The summed E-state index contributed by atoms with van der Waals surface area (Å²) in [4.78, 5) is 11.6. The van der Waals surface area contributed by atoms with E-state index < -0.39 is 0 Å². The fourth-order valence-corrected chi connectivity index (χ4v) is 2.16. The molecule has 1 atom stereocenters. The van der Waals surface area contributed by atoms with Crippen LogP contribution in [0.4, 0.5) is 0 Å². The van der Waals surface area contributed by atoms with Gasteiger partial charge >= 0.3 is 0 Å². The van der Waals surface area contributed by atoms with Gasteiger partial charge in [0.1, 0.15) is 5.75 Å². The third kappa shape index (κ3) is 3.51. The SMILES string of the molecule is CCC(Br)C(=O)NCc1ccc2cc(OC)ccc2c1. The van der Waals surface area contributed by atoms with E-state index in [1.807, 2.05) is 37.3 Å². The second kappa shape index (κ2) is 6.75. The number of amides is 1. The smallest absolute Gasteiger partial charge is 0.234 e.